The van der Waals surface area contributed by atoms with Crippen LogP contribution in [0.25, 0.3) is 22.0 Å². The number of benzene rings is 2. The number of aromatic amines is 1. The van der Waals surface area contributed by atoms with Crippen LogP contribution in [-0.4, -0.2) is 21.9 Å². The monoisotopic (exact) mass is 309 g/mol. The van der Waals surface area contributed by atoms with Gasteiger partial charge in [-0.2, -0.15) is 10.4 Å². The molecule has 0 aliphatic carbocycles. The Morgan fingerprint density at radius 3 is 2.61 bits per heavy atom. The molecule has 3 aromatic rings. The molecule has 2 aromatic carbocycles. The summed E-state index contributed by atoms with van der Waals surface area (Å²) in [6.07, 6.45) is 3.39. The van der Waals surface area contributed by atoms with Gasteiger partial charge >= 0.3 is 0 Å². The smallest absolute Gasteiger partial charge is 0.140 e. The van der Waals surface area contributed by atoms with E-state index in [0.717, 1.165) is 0 Å². The molecule has 0 saturated heterocycles. The quantitative estimate of drug-likeness (QED) is 0.708. The first-order chi connectivity index (χ1) is 11.3. The van der Waals surface area contributed by atoms with E-state index in [0.29, 0.717) is 52.4 Å². The minimum atomic E-state index is -0.345. The van der Waals surface area contributed by atoms with Gasteiger partial charge in [0, 0.05) is 29.1 Å². The van der Waals surface area contributed by atoms with Crippen molar-refractivity contribution in [1.29, 1.82) is 5.26 Å². The zero-order chi connectivity index (χ0) is 16.2. The first-order valence-electron chi connectivity index (χ1n) is 7.51. The van der Waals surface area contributed by atoms with E-state index in [4.69, 9.17) is 5.11 Å². The molecule has 0 radical (unpaired) electrons. The number of nitrogens with one attached hydrogen (secondary N) is 1. The lowest BCUT2D eigenvalue weighted by atomic mass is 9.89. The summed E-state index contributed by atoms with van der Waals surface area (Å²) < 4.78 is 15.1. The minimum Gasteiger partial charge on any atom is -0.396 e. The molecule has 0 spiro atoms. The fourth-order valence-electron chi connectivity index (χ4n) is 2.91. The Labute approximate surface area is 133 Å². The maximum absolute atomic E-state index is 15.1. The highest BCUT2D eigenvalue weighted by Crippen LogP contribution is 2.35. The van der Waals surface area contributed by atoms with Crippen molar-refractivity contribution in [2.75, 3.05) is 6.61 Å². The molecule has 2 N–H and O–H groups in total. The average Bonchev–Trinajstić information content (AvgIpc) is 3.10. The number of halogens is 1. The third kappa shape index (κ3) is 2.69. The standard InChI is InChI=1S/C18H16FN3O/c19-18-14-7-2-1-5-12(14)15(11-20)13(6-3-4-10-23)17(18)16-8-9-21-22-16/h1-2,5,7-9,23H,3-4,6,10H2,(H,21,22). The number of rotatable bonds is 5. The highest BCUT2D eigenvalue weighted by molar-refractivity contribution is 5.94. The maximum Gasteiger partial charge on any atom is 0.140 e. The molecule has 0 aliphatic heterocycles. The van der Waals surface area contributed by atoms with E-state index in [1.807, 2.05) is 0 Å². The molecular formula is C18H16FN3O. The van der Waals surface area contributed by atoms with E-state index in [-0.39, 0.29) is 12.4 Å². The third-order valence-corrected chi connectivity index (χ3v) is 3.97. The zero-order valence-corrected chi connectivity index (χ0v) is 12.5. The summed E-state index contributed by atoms with van der Waals surface area (Å²) in [7, 11) is 0. The lowest BCUT2D eigenvalue weighted by molar-refractivity contribution is 0.284. The molecule has 0 unspecified atom stereocenters. The van der Waals surface area contributed by atoms with Crippen molar-refractivity contribution in [3.63, 3.8) is 0 Å². The van der Waals surface area contributed by atoms with Gasteiger partial charge in [-0.15, -0.1) is 0 Å². The number of nitrogens with zero attached hydrogens (tertiary/aromatic N) is 2. The fraction of sp³-hybridized carbons (Fsp3) is 0.222. The van der Waals surface area contributed by atoms with Gasteiger partial charge in [0.1, 0.15) is 11.9 Å². The van der Waals surface area contributed by atoms with Crippen LogP contribution in [0.15, 0.2) is 36.5 Å². The van der Waals surface area contributed by atoms with E-state index in [1.54, 1.807) is 36.5 Å². The number of fused-ring (bicyclic) bond motifs is 1. The van der Waals surface area contributed by atoms with Gasteiger partial charge in [0.2, 0.25) is 0 Å². The summed E-state index contributed by atoms with van der Waals surface area (Å²) in [5.74, 6) is -0.345. The van der Waals surface area contributed by atoms with Gasteiger partial charge in [-0.3, -0.25) is 5.10 Å². The Balaban J connectivity index is 2.31. The Morgan fingerprint density at radius 1 is 1.17 bits per heavy atom. The number of hydrogen-bond acceptors (Lipinski definition) is 3. The number of unbranched alkanes of at least 4 members (excludes halogenated alkanes) is 1. The van der Waals surface area contributed by atoms with E-state index >= 15 is 4.39 Å². The molecule has 1 heterocycles. The minimum absolute atomic E-state index is 0.0807. The SMILES string of the molecule is N#Cc1c(CCCCO)c(-c2ccn[nH]2)c(F)c2ccccc12. The second kappa shape index (κ2) is 6.59. The van der Waals surface area contributed by atoms with Crippen molar-refractivity contribution >= 4 is 10.8 Å². The van der Waals surface area contributed by atoms with Crippen molar-refractivity contribution in [3.05, 3.63) is 53.5 Å². The number of aromatic nitrogens is 2. The van der Waals surface area contributed by atoms with Gasteiger partial charge < -0.3 is 5.11 Å². The molecule has 116 valence electrons. The van der Waals surface area contributed by atoms with Crippen molar-refractivity contribution in [2.24, 2.45) is 0 Å². The number of aliphatic hydroxyl groups is 1. The van der Waals surface area contributed by atoms with Crippen LogP contribution < -0.4 is 0 Å². The number of hydrogen-bond donors (Lipinski definition) is 2. The van der Waals surface area contributed by atoms with Crippen LogP contribution in [0.5, 0.6) is 0 Å². The summed E-state index contributed by atoms with van der Waals surface area (Å²) in [6.45, 7) is 0.0807. The van der Waals surface area contributed by atoms with Crippen molar-refractivity contribution in [2.45, 2.75) is 19.3 Å². The summed E-state index contributed by atoms with van der Waals surface area (Å²) >= 11 is 0. The summed E-state index contributed by atoms with van der Waals surface area (Å²) in [5, 5.41) is 26.4. The molecule has 0 bridgehead atoms. The van der Waals surface area contributed by atoms with E-state index in [2.05, 4.69) is 16.3 Å². The largest absolute Gasteiger partial charge is 0.396 e. The van der Waals surface area contributed by atoms with Crippen LogP contribution in [0, 0.1) is 17.1 Å². The molecule has 0 amide bonds. The van der Waals surface area contributed by atoms with Gasteiger partial charge in [0.25, 0.3) is 0 Å². The Kier molecular flexibility index (Phi) is 4.35. The van der Waals surface area contributed by atoms with Crippen molar-refractivity contribution < 1.29 is 9.50 Å². The Bertz CT molecular complexity index is 866. The van der Waals surface area contributed by atoms with E-state index < -0.39 is 0 Å². The van der Waals surface area contributed by atoms with Crippen LogP contribution in [0.2, 0.25) is 0 Å². The lowest BCUT2D eigenvalue weighted by Gasteiger charge is -2.15. The normalized spacial score (nSPS) is 10.8. The van der Waals surface area contributed by atoms with Crippen LogP contribution in [-0.2, 0) is 6.42 Å². The second-order valence-corrected chi connectivity index (χ2v) is 5.35. The van der Waals surface area contributed by atoms with Crippen LogP contribution in [0.4, 0.5) is 4.39 Å². The molecular weight excluding hydrogens is 293 g/mol. The van der Waals surface area contributed by atoms with Gasteiger partial charge in [0.15, 0.2) is 0 Å². The van der Waals surface area contributed by atoms with Crippen LogP contribution >= 0.6 is 0 Å². The van der Waals surface area contributed by atoms with Gasteiger partial charge in [0.05, 0.1) is 11.3 Å². The maximum atomic E-state index is 15.1. The van der Waals surface area contributed by atoms with Gasteiger partial charge in [-0.1, -0.05) is 24.3 Å². The molecule has 0 aliphatic rings. The molecule has 4 nitrogen and oxygen atoms in total. The van der Waals surface area contributed by atoms with Crippen molar-refractivity contribution in [3.8, 4) is 17.3 Å². The first kappa shape index (κ1) is 15.2. The Hall–Kier alpha value is -2.71. The second-order valence-electron chi connectivity index (χ2n) is 5.35. The van der Waals surface area contributed by atoms with E-state index in [1.165, 1.54) is 0 Å². The van der Waals surface area contributed by atoms with Crippen molar-refractivity contribution in [1.82, 2.24) is 10.2 Å². The molecule has 5 heteroatoms. The molecule has 0 fully saturated rings. The van der Waals surface area contributed by atoms with Gasteiger partial charge in [-0.05, 0) is 30.9 Å². The molecule has 23 heavy (non-hydrogen) atoms. The number of H-pyrrole nitrogens is 1. The third-order valence-electron chi connectivity index (χ3n) is 3.97. The van der Waals surface area contributed by atoms with E-state index in [9.17, 15) is 5.26 Å². The Morgan fingerprint density at radius 2 is 1.96 bits per heavy atom. The lowest BCUT2D eigenvalue weighted by Crippen LogP contribution is -2.02. The van der Waals surface area contributed by atoms with Gasteiger partial charge in [-0.25, -0.2) is 4.39 Å². The highest BCUT2D eigenvalue weighted by Gasteiger charge is 2.21. The van der Waals surface area contributed by atoms with Crippen LogP contribution in [0.3, 0.4) is 0 Å². The summed E-state index contributed by atoms with van der Waals surface area (Å²) in [6, 6.07) is 10.9. The average molecular weight is 309 g/mol. The topological polar surface area (TPSA) is 72.7 Å². The fourth-order valence-corrected chi connectivity index (χ4v) is 2.91. The highest BCUT2D eigenvalue weighted by atomic mass is 19.1. The molecule has 1 aromatic heterocycles. The summed E-state index contributed by atoms with van der Waals surface area (Å²) in [4.78, 5) is 0. The predicted octanol–water partition coefficient (Wildman–Crippen LogP) is 3.56. The zero-order valence-electron chi connectivity index (χ0n) is 12.5. The molecule has 3 rings (SSSR count). The number of aliphatic hydroxyl groups excluding tert-OH is 1. The molecule has 0 saturated carbocycles. The first-order valence-corrected chi connectivity index (χ1v) is 7.51. The summed E-state index contributed by atoms with van der Waals surface area (Å²) in [5.41, 5.74) is 2.12. The number of nitriles is 1. The van der Waals surface area contributed by atoms with Crippen LogP contribution in [0.1, 0.15) is 24.0 Å². The molecule has 0 atom stereocenters. The predicted molar refractivity (Wildman–Crippen MR) is 86.2 cm³/mol.